The van der Waals surface area contributed by atoms with Crippen molar-refractivity contribution < 1.29 is 14.3 Å². The Balaban J connectivity index is 1.84. The molecule has 0 unspecified atom stereocenters. The zero-order valence-corrected chi connectivity index (χ0v) is 20.4. The lowest BCUT2D eigenvalue weighted by Crippen LogP contribution is -2.46. The molecule has 1 heterocycles. The van der Waals surface area contributed by atoms with Crippen molar-refractivity contribution in [2.45, 2.75) is 78.2 Å². The van der Waals surface area contributed by atoms with E-state index in [1.54, 1.807) is 7.11 Å². The number of benzene rings is 1. The molecule has 0 aromatic heterocycles. The van der Waals surface area contributed by atoms with Crippen molar-refractivity contribution in [3.8, 4) is 5.75 Å². The number of hydrogen-bond acceptors (Lipinski definition) is 4. The second-order valence-electron chi connectivity index (χ2n) is 9.83. The number of anilines is 1. The Morgan fingerprint density at radius 1 is 1.00 bits per heavy atom. The van der Waals surface area contributed by atoms with Gasteiger partial charge in [0, 0.05) is 19.3 Å². The fraction of sp³-hybridized carbons (Fsp3) is 0.731. The van der Waals surface area contributed by atoms with Crippen molar-refractivity contribution in [1.29, 1.82) is 0 Å². The van der Waals surface area contributed by atoms with Crippen LogP contribution in [0.3, 0.4) is 0 Å². The van der Waals surface area contributed by atoms with Gasteiger partial charge in [0.15, 0.2) is 0 Å². The van der Waals surface area contributed by atoms with E-state index in [4.69, 9.17) is 9.47 Å². The highest BCUT2D eigenvalue weighted by Gasteiger charge is 2.39. The quantitative estimate of drug-likeness (QED) is 0.427. The molecule has 1 aromatic carbocycles. The Kier molecular flexibility index (Phi) is 10.8. The van der Waals surface area contributed by atoms with Gasteiger partial charge in [-0.2, -0.15) is 0 Å². The maximum atomic E-state index is 13.1. The zero-order valence-electron chi connectivity index (χ0n) is 20.4. The van der Waals surface area contributed by atoms with Crippen LogP contribution in [0.5, 0.6) is 5.75 Å². The third-order valence-corrected chi connectivity index (χ3v) is 5.98. The summed E-state index contributed by atoms with van der Waals surface area (Å²) in [6.45, 7) is 12.8. The third-order valence-electron chi connectivity index (χ3n) is 5.98. The summed E-state index contributed by atoms with van der Waals surface area (Å²) in [7, 11) is 1.65. The summed E-state index contributed by atoms with van der Waals surface area (Å²) in [5.74, 6) is 1.52. The molecule has 0 radical (unpaired) electrons. The second kappa shape index (κ2) is 13.1. The highest BCUT2D eigenvalue weighted by molar-refractivity contribution is 5.97. The summed E-state index contributed by atoms with van der Waals surface area (Å²) in [6, 6.07) is 7.68. The van der Waals surface area contributed by atoms with E-state index < -0.39 is 5.60 Å². The predicted octanol–water partition coefficient (Wildman–Crippen LogP) is 5.75. The van der Waals surface area contributed by atoms with Gasteiger partial charge in [-0.1, -0.05) is 40.5 Å². The fourth-order valence-corrected chi connectivity index (χ4v) is 4.56. The van der Waals surface area contributed by atoms with Gasteiger partial charge in [0.1, 0.15) is 11.4 Å². The number of hydrogen-bond donors (Lipinski definition) is 1. The molecule has 31 heavy (non-hydrogen) atoms. The van der Waals surface area contributed by atoms with E-state index in [0.717, 1.165) is 31.0 Å². The van der Waals surface area contributed by atoms with Crippen molar-refractivity contribution in [2.24, 2.45) is 11.8 Å². The van der Waals surface area contributed by atoms with Crippen LogP contribution < -0.4 is 10.1 Å². The van der Waals surface area contributed by atoms with Gasteiger partial charge in [-0.15, -0.1) is 0 Å². The first kappa shape index (κ1) is 25.7. The van der Waals surface area contributed by atoms with Gasteiger partial charge in [-0.05, 0) is 81.3 Å². The molecule has 0 atom stereocenters. The van der Waals surface area contributed by atoms with Crippen molar-refractivity contribution in [1.82, 2.24) is 4.90 Å². The average Bonchev–Trinajstić information content (AvgIpc) is 3.00. The Bertz CT molecular complexity index is 625. The molecule has 0 bridgehead atoms. The number of carbonyl (C=O) groups is 1. The van der Waals surface area contributed by atoms with E-state index in [9.17, 15) is 4.79 Å². The number of likely N-dealkylation sites (tertiary alicyclic amines) is 1. The molecule has 5 nitrogen and oxygen atoms in total. The first-order chi connectivity index (χ1) is 14.8. The topological polar surface area (TPSA) is 50.8 Å². The summed E-state index contributed by atoms with van der Waals surface area (Å²) >= 11 is 0. The SMILES string of the molecule is COC(CC(C)C)(CC(C)C)C(=O)Nc1ccc(OCCCN2CCCCCC2)cc1. The Hall–Kier alpha value is -1.59. The maximum Gasteiger partial charge on any atom is 0.256 e. The van der Waals surface area contributed by atoms with E-state index in [0.29, 0.717) is 24.7 Å². The molecule has 1 N–H and O–H groups in total. The smallest absolute Gasteiger partial charge is 0.256 e. The number of methoxy groups -OCH3 is 1. The lowest BCUT2D eigenvalue weighted by molar-refractivity contribution is -0.142. The number of amides is 1. The van der Waals surface area contributed by atoms with Crippen molar-refractivity contribution >= 4 is 11.6 Å². The summed E-state index contributed by atoms with van der Waals surface area (Å²) in [5.41, 5.74) is -0.0268. The van der Waals surface area contributed by atoms with Crippen LogP contribution in [0.2, 0.25) is 0 Å². The van der Waals surface area contributed by atoms with Crippen LogP contribution in [0.1, 0.15) is 72.6 Å². The Morgan fingerprint density at radius 2 is 1.58 bits per heavy atom. The minimum Gasteiger partial charge on any atom is -0.494 e. The van der Waals surface area contributed by atoms with Crippen molar-refractivity contribution in [2.75, 3.05) is 38.7 Å². The van der Waals surface area contributed by atoms with Crippen molar-refractivity contribution in [3.05, 3.63) is 24.3 Å². The normalized spacial score (nSPS) is 15.8. The van der Waals surface area contributed by atoms with Crippen LogP contribution in [0.15, 0.2) is 24.3 Å². The van der Waals surface area contributed by atoms with Crippen LogP contribution in [0.4, 0.5) is 5.69 Å². The van der Waals surface area contributed by atoms with Crippen LogP contribution in [-0.2, 0) is 9.53 Å². The second-order valence-corrected chi connectivity index (χ2v) is 9.83. The molecule has 1 amide bonds. The highest BCUT2D eigenvalue weighted by atomic mass is 16.5. The minimum atomic E-state index is -0.801. The first-order valence-electron chi connectivity index (χ1n) is 12.2. The summed E-state index contributed by atoms with van der Waals surface area (Å²) in [5, 5.41) is 3.06. The number of rotatable bonds is 12. The molecule has 2 rings (SSSR count). The maximum absolute atomic E-state index is 13.1. The Morgan fingerprint density at radius 3 is 2.10 bits per heavy atom. The predicted molar refractivity (Wildman–Crippen MR) is 129 cm³/mol. The minimum absolute atomic E-state index is 0.0662. The number of nitrogens with zero attached hydrogens (tertiary/aromatic N) is 1. The molecule has 1 fully saturated rings. The van der Waals surface area contributed by atoms with E-state index >= 15 is 0 Å². The lowest BCUT2D eigenvalue weighted by atomic mass is 9.84. The van der Waals surface area contributed by atoms with E-state index in [1.165, 1.54) is 38.8 Å². The fourth-order valence-electron chi connectivity index (χ4n) is 4.56. The van der Waals surface area contributed by atoms with Gasteiger partial charge in [-0.25, -0.2) is 0 Å². The summed E-state index contributed by atoms with van der Waals surface area (Å²) < 4.78 is 11.7. The molecule has 1 aliphatic heterocycles. The molecule has 1 saturated heterocycles. The summed E-state index contributed by atoms with van der Waals surface area (Å²) in [4.78, 5) is 15.7. The monoisotopic (exact) mass is 432 g/mol. The van der Waals surface area contributed by atoms with Crippen LogP contribution in [0.25, 0.3) is 0 Å². The van der Waals surface area contributed by atoms with Gasteiger partial charge in [0.2, 0.25) is 0 Å². The van der Waals surface area contributed by atoms with Gasteiger partial charge in [-0.3, -0.25) is 4.79 Å². The number of ether oxygens (including phenoxy) is 2. The van der Waals surface area contributed by atoms with Gasteiger partial charge >= 0.3 is 0 Å². The molecule has 1 aromatic rings. The van der Waals surface area contributed by atoms with Gasteiger partial charge in [0.25, 0.3) is 5.91 Å². The van der Waals surface area contributed by atoms with E-state index in [1.807, 2.05) is 24.3 Å². The van der Waals surface area contributed by atoms with Gasteiger partial charge < -0.3 is 19.7 Å². The largest absolute Gasteiger partial charge is 0.494 e. The molecular weight excluding hydrogens is 388 g/mol. The third kappa shape index (κ3) is 8.82. The van der Waals surface area contributed by atoms with Crippen LogP contribution >= 0.6 is 0 Å². The van der Waals surface area contributed by atoms with Crippen molar-refractivity contribution in [3.63, 3.8) is 0 Å². The van der Waals surface area contributed by atoms with E-state index in [2.05, 4.69) is 37.9 Å². The molecular formula is C26H44N2O3. The molecule has 0 saturated carbocycles. The first-order valence-corrected chi connectivity index (χ1v) is 12.2. The highest BCUT2D eigenvalue weighted by Crippen LogP contribution is 2.30. The summed E-state index contributed by atoms with van der Waals surface area (Å²) in [6.07, 6.45) is 7.84. The molecule has 176 valence electrons. The van der Waals surface area contributed by atoms with E-state index in [-0.39, 0.29) is 5.91 Å². The molecule has 0 spiro atoms. The van der Waals surface area contributed by atoms with Gasteiger partial charge in [0.05, 0.1) is 6.61 Å². The standard InChI is InChI=1S/C26H44N2O3/c1-21(2)19-26(30-5,20-22(3)4)25(29)27-23-11-13-24(14-12-23)31-18-10-17-28-15-8-6-7-9-16-28/h11-14,21-22H,6-10,15-20H2,1-5H3,(H,27,29). The number of carbonyl (C=O) groups excluding carboxylic acids is 1. The number of nitrogens with one attached hydrogen (secondary N) is 1. The lowest BCUT2D eigenvalue weighted by Gasteiger charge is -2.34. The molecule has 5 heteroatoms. The molecule has 1 aliphatic rings. The van der Waals surface area contributed by atoms with Crippen LogP contribution in [-0.4, -0.2) is 49.8 Å². The molecule has 0 aliphatic carbocycles. The Labute approximate surface area is 189 Å². The zero-order chi connectivity index (χ0) is 22.7. The van der Waals surface area contributed by atoms with Crippen LogP contribution in [0, 0.1) is 11.8 Å². The average molecular weight is 433 g/mol.